The molecule has 4 heterocycles. The van der Waals surface area contributed by atoms with E-state index in [9.17, 15) is 0 Å². The van der Waals surface area contributed by atoms with Crippen LogP contribution < -0.4 is 9.80 Å². The fourth-order valence-electron chi connectivity index (χ4n) is 9.89. The lowest BCUT2D eigenvalue weighted by molar-refractivity contribution is 0.259. The predicted molar refractivity (Wildman–Crippen MR) is 171 cm³/mol. The lowest BCUT2D eigenvalue weighted by Gasteiger charge is -2.47. The molecule has 2 aliphatic carbocycles. The number of benzene rings is 2. The van der Waals surface area contributed by atoms with E-state index in [2.05, 4.69) is 123 Å². The zero-order valence-corrected chi connectivity index (χ0v) is 26.3. The van der Waals surface area contributed by atoms with Gasteiger partial charge >= 0.3 is 0 Å². The molecule has 4 bridgehead atoms. The van der Waals surface area contributed by atoms with E-state index in [1.807, 2.05) is 0 Å². The van der Waals surface area contributed by atoms with Crippen LogP contribution in [0.15, 0.2) is 55.1 Å². The van der Waals surface area contributed by atoms with Crippen LogP contribution in [0.25, 0.3) is 16.9 Å². The van der Waals surface area contributed by atoms with Gasteiger partial charge in [-0.2, -0.15) is 10.2 Å². The maximum atomic E-state index is 5.28. The molecule has 0 saturated heterocycles. The topological polar surface area (TPSA) is 42.1 Å². The van der Waals surface area contributed by atoms with E-state index >= 15 is 0 Å². The van der Waals surface area contributed by atoms with Crippen molar-refractivity contribution in [2.75, 3.05) is 23.9 Å². The molecule has 4 aromatic rings. The normalized spacial score (nSPS) is 30.8. The van der Waals surface area contributed by atoms with Crippen molar-refractivity contribution in [2.45, 2.75) is 77.3 Å². The Bertz CT molecular complexity index is 1790. The van der Waals surface area contributed by atoms with Gasteiger partial charge < -0.3 is 9.80 Å². The molecule has 2 aromatic carbocycles. The predicted octanol–water partition coefficient (Wildman–Crippen LogP) is 7.09. The molecule has 2 fully saturated rings. The molecule has 4 aliphatic rings. The zero-order chi connectivity index (χ0) is 29.5. The lowest BCUT2D eigenvalue weighted by atomic mass is 9.64. The number of fused-ring (bicyclic) bond motifs is 6. The van der Waals surface area contributed by atoms with Crippen molar-refractivity contribution < 1.29 is 0 Å². The SMILES string of the molecule is C=C1c2c(C)nn(-c3ccc(C)cc3)c2N(C)C23C[C@H]1C1(C)c4c(C)nn(-c5ccc(C)cc5)c4N(C)C(C)(C[C@H]12)C3. The summed E-state index contributed by atoms with van der Waals surface area (Å²) in [4.78, 5) is 5.24. The average molecular weight is 559 g/mol. The van der Waals surface area contributed by atoms with E-state index < -0.39 is 0 Å². The van der Waals surface area contributed by atoms with E-state index in [4.69, 9.17) is 16.8 Å². The third-order valence-electron chi connectivity index (χ3n) is 12.0. The van der Waals surface area contributed by atoms with Gasteiger partial charge in [0.2, 0.25) is 0 Å². The third kappa shape index (κ3) is 2.91. The summed E-state index contributed by atoms with van der Waals surface area (Å²) < 4.78 is 4.42. The molecule has 5 atom stereocenters. The number of aryl methyl sites for hydroxylation is 4. The van der Waals surface area contributed by atoms with Gasteiger partial charge in [-0.05, 0) is 95.6 Å². The lowest BCUT2D eigenvalue weighted by Crippen LogP contribution is -2.53. The minimum atomic E-state index is -0.105. The van der Waals surface area contributed by atoms with Gasteiger partial charge in [0.1, 0.15) is 11.6 Å². The average Bonchev–Trinajstić information content (AvgIpc) is 3.63. The van der Waals surface area contributed by atoms with E-state index in [0.29, 0.717) is 11.8 Å². The molecule has 42 heavy (non-hydrogen) atoms. The van der Waals surface area contributed by atoms with Gasteiger partial charge in [0.05, 0.1) is 22.8 Å². The van der Waals surface area contributed by atoms with E-state index in [-0.39, 0.29) is 16.5 Å². The van der Waals surface area contributed by atoms with E-state index in [0.717, 1.165) is 42.0 Å². The standard InChI is InChI=1S/C36H42N6/c1-21-10-14-26(15-11-21)41-32-30(24(4)37-41)23(3)28-18-36(40(32)9)20-34(6)19-29(36)35(28,7)31-25(5)38-42(33(31)39(34)8)27-16-12-22(2)13-17-27/h10-17,28-29H,3,18-20H2,1-2,4-9H3/t28-,29-,34?,35?,36?/m1/s1. The van der Waals surface area contributed by atoms with Gasteiger partial charge in [0, 0.05) is 41.7 Å². The molecular weight excluding hydrogens is 516 g/mol. The zero-order valence-electron chi connectivity index (χ0n) is 26.3. The van der Waals surface area contributed by atoms with Crippen molar-refractivity contribution in [3.05, 3.63) is 88.8 Å². The number of aromatic nitrogens is 4. The third-order valence-corrected chi connectivity index (χ3v) is 12.0. The molecule has 6 heteroatoms. The fourth-order valence-corrected chi connectivity index (χ4v) is 9.89. The first-order valence-corrected chi connectivity index (χ1v) is 15.4. The van der Waals surface area contributed by atoms with E-state index in [1.54, 1.807) is 0 Å². The van der Waals surface area contributed by atoms with Gasteiger partial charge in [0.25, 0.3) is 0 Å². The number of hydrogen-bond donors (Lipinski definition) is 0. The van der Waals surface area contributed by atoms with Gasteiger partial charge in [-0.1, -0.05) is 48.9 Å². The summed E-state index contributed by atoms with van der Waals surface area (Å²) in [5.74, 6) is 3.21. The van der Waals surface area contributed by atoms with Crippen LogP contribution in [0.4, 0.5) is 11.6 Å². The van der Waals surface area contributed by atoms with E-state index in [1.165, 1.54) is 39.5 Å². The first-order chi connectivity index (χ1) is 19.9. The van der Waals surface area contributed by atoms with Crippen molar-refractivity contribution in [1.82, 2.24) is 19.6 Å². The Labute approximate surface area is 249 Å². The van der Waals surface area contributed by atoms with Crippen LogP contribution in [-0.2, 0) is 5.41 Å². The molecule has 0 amide bonds. The number of allylic oxidation sites excluding steroid dienone is 1. The number of anilines is 2. The summed E-state index contributed by atoms with van der Waals surface area (Å²) in [6, 6.07) is 17.6. The van der Waals surface area contributed by atoms with Crippen LogP contribution in [0.2, 0.25) is 0 Å². The van der Waals surface area contributed by atoms with Crippen LogP contribution in [0, 0.1) is 39.5 Å². The first kappa shape index (κ1) is 25.9. The van der Waals surface area contributed by atoms with Gasteiger partial charge in [0.15, 0.2) is 0 Å². The van der Waals surface area contributed by atoms with Crippen LogP contribution >= 0.6 is 0 Å². The molecular formula is C36H42N6. The molecule has 2 aromatic heterocycles. The van der Waals surface area contributed by atoms with Crippen molar-refractivity contribution in [2.24, 2.45) is 11.8 Å². The quantitative estimate of drug-likeness (QED) is 0.263. The highest BCUT2D eigenvalue weighted by Gasteiger charge is 2.73. The van der Waals surface area contributed by atoms with Gasteiger partial charge in [-0.25, -0.2) is 9.36 Å². The summed E-state index contributed by atoms with van der Waals surface area (Å²) in [5, 5.41) is 10.5. The summed E-state index contributed by atoms with van der Waals surface area (Å²) in [6.45, 7) is 18.6. The minimum absolute atomic E-state index is 0.0123. The summed E-state index contributed by atoms with van der Waals surface area (Å²) in [6.07, 6.45) is 3.33. The van der Waals surface area contributed by atoms with Gasteiger partial charge in [-0.15, -0.1) is 0 Å². The van der Waals surface area contributed by atoms with Crippen LogP contribution in [0.3, 0.4) is 0 Å². The van der Waals surface area contributed by atoms with Crippen molar-refractivity contribution in [3.63, 3.8) is 0 Å². The monoisotopic (exact) mass is 558 g/mol. The number of rotatable bonds is 2. The number of nitrogens with zero attached hydrogens (tertiary/aromatic N) is 6. The largest absolute Gasteiger partial charge is 0.354 e. The summed E-state index contributed by atoms with van der Waals surface area (Å²) in [5.41, 5.74) is 10.7. The number of hydrogen-bond acceptors (Lipinski definition) is 4. The highest BCUT2D eigenvalue weighted by Crippen LogP contribution is 2.73. The van der Waals surface area contributed by atoms with Crippen LogP contribution in [0.1, 0.15) is 66.8 Å². The Morgan fingerprint density at radius 3 is 1.88 bits per heavy atom. The summed E-state index contributed by atoms with van der Waals surface area (Å²) >= 11 is 0. The Morgan fingerprint density at radius 1 is 0.738 bits per heavy atom. The molecule has 3 unspecified atom stereocenters. The van der Waals surface area contributed by atoms with Crippen LogP contribution in [-0.4, -0.2) is 44.7 Å². The molecule has 2 aliphatic heterocycles. The molecule has 8 rings (SSSR count). The Balaban J connectivity index is 1.40. The molecule has 216 valence electrons. The van der Waals surface area contributed by atoms with Crippen LogP contribution in [0.5, 0.6) is 0 Å². The fraction of sp³-hybridized carbons (Fsp3) is 0.444. The molecule has 2 saturated carbocycles. The second-order valence-corrected chi connectivity index (χ2v) is 14.3. The Morgan fingerprint density at radius 2 is 1.29 bits per heavy atom. The maximum absolute atomic E-state index is 5.28. The second-order valence-electron chi connectivity index (χ2n) is 14.3. The van der Waals surface area contributed by atoms with Crippen molar-refractivity contribution in [1.29, 1.82) is 0 Å². The highest BCUT2D eigenvalue weighted by atomic mass is 15.4. The Hall–Kier alpha value is -3.80. The van der Waals surface area contributed by atoms with Gasteiger partial charge in [-0.3, -0.25) is 0 Å². The Kier molecular flexibility index (Phi) is 4.91. The molecule has 6 nitrogen and oxygen atoms in total. The van der Waals surface area contributed by atoms with Crippen molar-refractivity contribution >= 4 is 17.2 Å². The van der Waals surface area contributed by atoms with Crippen molar-refractivity contribution in [3.8, 4) is 11.4 Å². The minimum Gasteiger partial charge on any atom is -0.354 e. The molecule has 0 N–H and O–H groups in total. The first-order valence-electron chi connectivity index (χ1n) is 15.4. The smallest absolute Gasteiger partial charge is 0.140 e. The maximum Gasteiger partial charge on any atom is 0.140 e. The second kappa shape index (κ2) is 7.97. The highest BCUT2D eigenvalue weighted by molar-refractivity contribution is 5.83. The molecule has 1 spiro atoms. The summed E-state index contributed by atoms with van der Waals surface area (Å²) in [7, 11) is 4.66. The molecule has 0 radical (unpaired) electrons.